The van der Waals surface area contributed by atoms with Crippen LogP contribution >= 0.6 is 0 Å². The van der Waals surface area contributed by atoms with Crippen LogP contribution in [0.3, 0.4) is 0 Å². The number of aryl methyl sites for hydroxylation is 1. The number of anilines is 1. The van der Waals surface area contributed by atoms with Crippen LogP contribution in [0.5, 0.6) is 0 Å². The van der Waals surface area contributed by atoms with Crippen molar-refractivity contribution >= 4 is 11.7 Å². The maximum absolute atomic E-state index is 12.5. The van der Waals surface area contributed by atoms with Gasteiger partial charge in [-0.15, -0.1) is 0 Å². The molecule has 0 saturated carbocycles. The molecule has 2 fully saturated rings. The first-order valence-corrected chi connectivity index (χ1v) is 8.10. The number of piperazine rings is 1. The molecule has 1 unspecified atom stereocenters. The first kappa shape index (κ1) is 15.2. The van der Waals surface area contributed by atoms with Crippen molar-refractivity contribution < 1.29 is 9.53 Å². The van der Waals surface area contributed by atoms with E-state index in [0.717, 1.165) is 69.1 Å². The Labute approximate surface area is 131 Å². The number of ether oxygens (including phenoxy) is 1. The molecule has 3 rings (SSSR count). The summed E-state index contributed by atoms with van der Waals surface area (Å²) in [7, 11) is 0. The fourth-order valence-electron chi connectivity index (χ4n) is 3.12. The molecule has 0 bridgehead atoms. The van der Waals surface area contributed by atoms with E-state index in [2.05, 4.69) is 21.8 Å². The normalized spacial score (nSPS) is 22.7. The highest BCUT2D eigenvalue weighted by molar-refractivity contribution is 5.81. The zero-order valence-corrected chi connectivity index (χ0v) is 13.4. The van der Waals surface area contributed by atoms with Gasteiger partial charge in [0, 0.05) is 44.0 Å². The second kappa shape index (κ2) is 6.60. The number of carbonyl (C=O) groups is 1. The van der Waals surface area contributed by atoms with Gasteiger partial charge in [-0.3, -0.25) is 4.79 Å². The van der Waals surface area contributed by atoms with Crippen LogP contribution in [0.25, 0.3) is 0 Å². The molecule has 2 saturated heterocycles. The lowest BCUT2D eigenvalue weighted by Gasteiger charge is -2.38. The Bertz CT molecular complexity index is 535. The van der Waals surface area contributed by atoms with E-state index in [-0.39, 0.29) is 12.0 Å². The summed E-state index contributed by atoms with van der Waals surface area (Å²) in [6.45, 7) is 7.88. The maximum atomic E-state index is 12.5. The van der Waals surface area contributed by atoms with E-state index in [1.165, 1.54) is 0 Å². The average molecular weight is 304 g/mol. The Hall–Kier alpha value is -1.69. The minimum absolute atomic E-state index is 0.162. The Morgan fingerprint density at radius 1 is 1.18 bits per heavy atom. The quantitative estimate of drug-likeness (QED) is 0.824. The SMILES string of the molecule is Cc1ncnc(N2CCN(C(=O)C3CCCCO3)CC2)c1C. The van der Waals surface area contributed by atoms with E-state index >= 15 is 0 Å². The lowest BCUT2D eigenvalue weighted by molar-refractivity contribution is -0.146. The average Bonchev–Trinajstić information content (AvgIpc) is 2.58. The number of hydrogen-bond donors (Lipinski definition) is 0. The first-order chi connectivity index (χ1) is 10.7. The van der Waals surface area contributed by atoms with Crippen molar-refractivity contribution in [3.05, 3.63) is 17.6 Å². The first-order valence-electron chi connectivity index (χ1n) is 8.10. The monoisotopic (exact) mass is 304 g/mol. The van der Waals surface area contributed by atoms with Gasteiger partial charge in [0.05, 0.1) is 0 Å². The van der Waals surface area contributed by atoms with E-state index in [1.807, 2.05) is 11.8 Å². The smallest absolute Gasteiger partial charge is 0.251 e. The Morgan fingerprint density at radius 2 is 1.95 bits per heavy atom. The molecule has 0 aliphatic carbocycles. The highest BCUT2D eigenvalue weighted by Crippen LogP contribution is 2.21. The second-order valence-corrected chi connectivity index (χ2v) is 6.08. The van der Waals surface area contributed by atoms with Crippen LogP contribution in [0, 0.1) is 13.8 Å². The molecule has 6 nitrogen and oxygen atoms in total. The number of aromatic nitrogens is 2. The van der Waals surface area contributed by atoms with Gasteiger partial charge in [0.1, 0.15) is 18.2 Å². The van der Waals surface area contributed by atoms with Crippen molar-refractivity contribution in [3.8, 4) is 0 Å². The van der Waals surface area contributed by atoms with Gasteiger partial charge < -0.3 is 14.5 Å². The molecule has 1 aromatic heterocycles. The standard InChI is InChI=1S/C16H24N4O2/c1-12-13(2)17-11-18-15(12)19-6-8-20(9-7-19)16(21)14-5-3-4-10-22-14/h11,14H,3-10H2,1-2H3. The molecule has 2 aliphatic rings. The van der Waals surface area contributed by atoms with Gasteiger partial charge in [-0.05, 0) is 33.1 Å². The summed E-state index contributed by atoms with van der Waals surface area (Å²) < 4.78 is 5.61. The molecule has 22 heavy (non-hydrogen) atoms. The second-order valence-electron chi connectivity index (χ2n) is 6.08. The molecule has 2 aliphatic heterocycles. The van der Waals surface area contributed by atoms with Crippen LogP contribution in [0.1, 0.15) is 30.5 Å². The number of carbonyl (C=O) groups excluding carboxylic acids is 1. The highest BCUT2D eigenvalue weighted by Gasteiger charge is 2.29. The van der Waals surface area contributed by atoms with E-state index < -0.39 is 0 Å². The van der Waals surface area contributed by atoms with Crippen LogP contribution in [0.4, 0.5) is 5.82 Å². The lowest BCUT2D eigenvalue weighted by Crippen LogP contribution is -2.52. The van der Waals surface area contributed by atoms with Gasteiger partial charge in [0.15, 0.2) is 0 Å². The number of hydrogen-bond acceptors (Lipinski definition) is 5. The van der Waals surface area contributed by atoms with Gasteiger partial charge in [0.25, 0.3) is 5.91 Å². The fourth-order valence-corrected chi connectivity index (χ4v) is 3.12. The summed E-state index contributed by atoms with van der Waals surface area (Å²) in [5, 5.41) is 0. The van der Waals surface area contributed by atoms with Crippen molar-refractivity contribution in [1.82, 2.24) is 14.9 Å². The molecule has 6 heteroatoms. The van der Waals surface area contributed by atoms with Crippen molar-refractivity contribution in [2.24, 2.45) is 0 Å². The van der Waals surface area contributed by atoms with E-state index in [0.29, 0.717) is 0 Å². The predicted molar refractivity (Wildman–Crippen MR) is 83.9 cm³/mol. The molecule has 1 amide bonds. The van der Waals surface area contributed by atoms with E-state index in [1.54, 1.807) is 6.33 Å². The molecule has 0 radical (unpaired) electrons. The van der Waals surface area contributed by atoms with Gasteiger partial charge in [-0.1, -0.05) is 0 Å². The molecular formula is C16H24N4O2. The topological polar surface area (TPSA) is 58.6 Å². The van der Waals surface area contributed by atoms with Crippen molar-refractivity contribution in [1.29, 1.82) is 0 Å². The van der Waals surface area contributed by atoms with Crippen molar-refractivity contribution in [2.45, 2.75) is 39.2 Å². The van der Waals surface area contributed by atoms with Gasteiger partial charge >= 0.3 is 0 Å². The minimum atomic E-state index is -0.219. The molecule has 1 atom stereocenters. The number of nitrogens with zero attached hydrogens (tertiary/aromatic N) is 4. The van der Waals surface area contributed by atoms with Gasteiger partial charge in [-0.2, -0.15) is 0 Å². The van der Waals surface area contributed by atoms with Crippen molar-refractivity contribution in [2.75, 3.05) is 37.7 Å². The largest absolute Gasteiger partial charge is 0.368 e. The third-order valence-corrected chi connectivity index (χ3v) is 4.66. The molecule has 0 spiro atoms. The number of amides is 1. The zero-order valence-electron chi connectivity index (χ0n) is 13.4. The van der Waals surface area contributed by atoms with Crippen LogP contribution < -0.4 is 4.90 Å². The summed E-state index contributed by atoms with van der Waals surface area (Å²) in [5.74, 6) is 1.16. The summed E-state index contributed by atoms with van der Waals surface area (Å²) in [6, 6.07) is 0. The van der Waals surface area contributed by atoms with Crippen LogP contribution in [0.15, 0.2) is 6.33 Å². The summed E-state index contributed by atoms with van der Waals surface area (Å²) in [6.07, 6.45) is 4.43. The minimum Gasteiger partial charge on any atom is -0.368 e. The molecule has 0 aromatic carbocycles. The summed E-state index contributed by atoms with van der Waals surface area (Å²) in [4.78, 5) is 25.3. The van der Waals surface area contributed by atoms with Crippen LogP contribution in [0.2, 0.25) is 0 Å². The summed E-state index contributed by atoms with van der Waals surface area (Å²) in [5.41, 5.74) is 2.14. The van der Waals surface area contributed by atoms with Crippen LogP contribution in [-0.4, -0.2) is 59.7 Å². The lowest BCUT2D eigenvalue weighted by atomic mass is 10.1. The fraction of sp³-hybridized carbons (Fsp3) is 0.688. The van der Waals surface area contributed by atoms with Crippen LogP contribution in [-0.2, 0) is 9.53 Å². The Morgan fingerprint density at radius 3 is 2.64 bits per heavy atom. The maximum Gasteiger partial charge on any atom is 0.251 e. The number of rotatable bonds is 2. The van der Waals surface area contributed by atoms with Crippen molar-refractivity contribution in [3.63, 3.8) is 0 Å². The Kier molecular flexibility index (Phi) is 4.57. The zero-order chi connectivity index (χ0) is 15.5. The predicted octanol–water partition coefficient (Wildman–Crippen LogP) is 1.31. The molecule has 1 aromatic rings. The molecular weight excluding hydrogens is 280 g/mol. The van der Waals surface area contributed by atoms with E-state index in [9.17, 15) is 4.79 Å². The van der Waals surface area contributed by atoms with Gasteiger partial charge in [-0.25, -0.2) is 9.97 Å². The third kappa shape index (κ3) is 3.06. The van der Waals surface area contributed by atoms with Gasteiger partial charge in [0.2, 0.25) is 0 Å². The Balaban J connectivity index is 1.60. The molecule has 120 valence electrons. The summed E-state index contributed by atoms with van der Waals surface area (Å²) >= 11 is 0. The highest BCUT2D eigenvalue weighted by atomic mass is 16.5. The molecule has 0 N–H and O–H groups in total. The third-order valence-electron chi connectivity index (χ3n) is 4.66. The molecule has 3 heterocycles. The van der Waals surface area contributed by atoms with E-state index in [4.69, 9.17) is 4.74 Å².